The molecule has 0 bridgehead atoms. The zero-order chi connectivity index (χ0) is 17.4. The SMILES string of the molecule is COC(=O)c1cc(C(=O)NCCCN(C)C)cc(C(=O)OC)c1. The third-order valence-electron chi connectivity index (χ3n) is 3.11. The molecule has 0 unspecified atom stereocenters. The number of rotatable bonds is 7. The largest absolute Gasteiger partial charge is 0.465 e. The summed E-state index contributed by atoms with van der Waals surface area (Å²) in [5.41, 5.74) is 0.445. The Labute approximate surface area is 135 Å². The minimum Gasteiger partial charge on any atom is -0.465 e. The number of nitrogens with one attached hydrogen (secondary N) is 1. The van der Waals surface area contributed by atoms with Crippen LogP contribution in [0.1, 0.15) is 37.5 Å². The maximum Gasteiger partial charge on any atom is 0.337 e. The quantitative estimate of drug-likeness (QED) is 0.594. The van der Waals surface area contributed by atoms with Gasteiger partial charge in [0.15, 0.2) is 0 Å². The molecule has 126 valence electrons. The highest BCUT2D eigenvalue weighted by molar-refractivity contribution is 6.02. The minimum absolute atomic E-state index is 0.119. The number of carbonyl (C=O) groups is 3. The lowest BCUT2D eigenvalue weighted by molar-refractivity contribution is 0.0599. The maximum absolute atomic E-state index is 12.2. The summed E-state index contributed by atoms with van der Waals surface area (Å²) in [6, 6.07) is 4.11. The Morgan fingerprint density at radius 1 is 0.957 bits per heavy atom. The first kappa shape index (κ1) is 18.6. The Morgan fingerprint density at radius 2 is 1.43 bits per heavy atom. The van der Waals surface area contributed by atoms with Crippen LogP contribution in [0.3, 0.4) is 0 Å². The van der Waals surface area contributed by atoms with Crippen molar-refractivity contribution in [1.29, 1.82) is 0 Å². The molecule has 0 atom stereocenters. The predicted molar refractivity (Wildman–Crippen MR) is 84.6 cm³/mol. The number of esters is 2. The molecule has 1 amide bonds. The smallest absolute Gasteiger partial charge is 0.337 e. The van der Waals surface area contributed by atoms with Crippen LogP contribution in [0.15, 0.2) is 18.2 Å². The molecule has 7 nitrogen and oxygen atoms in total. The van der Waals surface area contributed by atoms with Gasteiger partial charge in [-0.3, -0.25) is 4.79 Å². The standard InChI is InChI=1S/C16H22N2O5/c1-18(2)7-5-6-17-14(19)11-8-12(15(20)22-3)10-13(9-11)16(21)23-4/h8-10H,5-7H2,1-4H3,(H,17,19). The van der Waals surface area contributed by atoms with Gasteiger partial charge in [0.25, 0.3) is 5.91 Å². The molecule has 0 aliphatic heterocycles. The normalized spacial score (nSPS) is 10.3. The summed E-state index contributed by atoms with van der Waals surface area (Å²) >= 11 is 0. The van der Waals surface area contributed by atoms with E-state index in [2.05, 4.69) is 14.8 Å². The number of benzene rings is 1. The molecule has 1 aromatic carbocycles. The molecule has 0 aliphatic carbocycles. The van der Waals surface area contributed by atoms with Gasteiger partial charge in [0, 0.05) is 12.1 Å². The van der Waals surface area contributed by atoms with Crippen molar-refractivity contribution in [2.75, 3.05) is 41.4 Å². The van der Waals surface area contributed by atoms with Crippen LogP contribution < -0.4 is 5.32 Å². The Hall–Kier alpha value is -2.41. The van der Waals surface area contributed by atoms with Crippen molar-refractivity contribution in [3.05, 3.63) is 34.9 Å². The summed E-state index contributed by atoms with van der Waals surface area (Å²) in [6.45, 7) is 1.34. The number of hydrogen-bond acceptors (Lipinski definition) is 6. The van der Waals surface area contributed by atoms with Crippen LogP contribution in [0.2, 0.25) is 0 Å². The van der Waals surface area contributed by atoms with Crippen LogP contribution in [-0.4, -0.2) is 64.2 Å². The Bertz CT molecular complexity index is 550. The molecule has 0 aromatic heterocycles. The third kappa shape index (κ3) is 5.71. The minimum atomic E-state index is -0.627. The summed E-state index contributed by atoms with van der Waals surface area (Å²) in [5, 5.41) is 2.75. The third-order valence-corrected chi connectivity index (χ3v) is 3.11. The van der Waals surface area contributed by atoms with Crippen LogP contribution in [0.4, 0.5) is 0 Å². The summed E-state index contributed by atoms with van der Waals surface area (Å²) in [6.07, 6.45) is 0.791. The lowest BCUT2D eigenvalue weighted by atomic mass is 10.0. The van der Waals surface area contributed by atoms with Crippen molar-refractivity contribution in [2.24, 2.45) is 0 Å². The maximum atomic E-state index is 12.2. The zero-order valence-electron chi connectivity index (χ0n) is 13.8. The molecule has 0 saturated carbocycles. The van der Waals surface area contributed by atoms with E-state index in [1.54, 1.807) is 0 Å². The van der Waals surface area contributed by atoms with Gasteiger partial charge in [-0.05, 0) is 45.3 Å². The lowest BCUT2D eigenvalue weighted by Crippen LogP contribution is -2.27. The average molecular weight is 322 g/mol. The van der Waals surface area contributed by atoms with Crippen LogP contribution in [0, 0.1) is 0 Å². The topological polar surface area (TPSA) is 84.9 Å². The fourth-order valence-corrected chi connectivity index (χ4v) is 1.93. The van der Waals surface area contributed by atoms with E-state index in [9.17, 15) is 14.4 Å². The molecule has 7 heteroatoms. The summed E-state index contributed by atoms with van der Waals surface area (Å²) in [5.74, 6) is -1.62. The molecule has 0 aliphatic rings. The van der Waals surface area contributed by atoms with E-state index < -0.39 is 11.9 Å². The van der Waals surface area contributed by atoms with Gasteiger partial charge in [-0.2, -0.15) is 0 Å². The summed E-state index contributed by atoms with van der Waals surface area (Å²) < 4.78 is 9.27. The Morgan fingerprint density at radius 3 is 1.87 bits per heavy atom. The van der Waals surface area contributed by atoms with Crippen molar-refractivity contribution in [2.45, 2.75) is 6.42 Å². The van der Waals surface area contributed by atoms with Crippen molar-refractivity contribution >= 4 is 17.8 Å². The van der Waals surface area contributed by atoms with Gasteiger partial charge in [0.1, 0.15) is 0 Å². The van der Waals surface area contributed by atoms with Crippen molar-refractivity contribution < 1.29 is 23.9 Å². The highest BCUT2D eigenvalue weighted by Crippen LogP contribution is 2.13. The molecule has 1 N–H and O–H groups in total. The first-order valence-electron chi connectivity index (χ1n) is 7.13. The number of carbonyl (C=O) groups excluding carboxylic acids is 3. The second kappa shape index (κ2) is 8.89. The molecule has 0 spiro atoms. The second-order valence-corrected chi connectivity index (χ2v) is 5.19. The van der Waals surface area contributed by atoms with E-state index in [4.69, 9.17) is 0 Å². The molecule has 1 aromatic rings. The Kier molecular flexibility index (Phi) is 7.21. The number of ether oxygens (including phenoxy) is 2. The number of amides is 1. The molecule has 0 fully saturated rings. The first-order chi connectivity index (χ1) is 10.9. The zero-order valence-corrected chi connectivity index (χ0v) is 13.8. The van der Waals surface area contributed by atoms with Crippen molar-refractivity contribution in [3.8, 4) is 0 Å². The summed E-state index contributed by atoms with van der Waals surface area (Å²) in [7, 11) is 6.36. The molecular formula is C16H22N2O5. The molecule has 1 rings (SSSR count). The van der Waals surface area contributed by atoms with Crippen LogP contribution >= 0.6 is 0 Å². The molecule has 23 heavy (non-hydrogen) atoms. The van der Waals surface area contributed by atoms with E-state index >= 15 is 0 Å². The van der Waals surface area contributed by atoms with E-state index in [1.807, 2.05) is 19.0 Å². The highest BCUT2D eigenvalue weighted by atomic mass is 16.5. The van der Waals surface area contributed by atoms with Crippen molar-refractivity contribution in [1.82, 2.24) is 10.2 Å². The summed E-state index contributed by atoms with van der Waals surface area (Å²) in [4.78, 5) is 37.6. The number of nitrogens with zero attached hydrogens (tertiary/aromatic N) is 1. The number of methoxy groups -OCH3 is 2. The molecular weight excluding hydrogens is 300 g/mol. The van der Waals surface area contributed by atoms with Gasteiger partial charge < -0.3 is 19.7 Å². The van der Waals surface area contributed by atoms with Crippen LogP contribution in [0.25, 0.3) is 0 Å². The number of hydrogen-bond donors (Lipinski definition) is 1. The fourth-order valence-electron chi connectivity index (χ4n) is 1.93. The van der Waals surface area contributed by atoms with Gasteiger partial charge in [-0.25, -0.2) is 9.59 Å². The fraction of sp³-hybridized carbons (Fsp3) is 0.438. The first-order valence-corrected chi connectivity index (χ1v) is 7.13. The molecule has 0 radical (unpaired) electrons. The monoisotopic (exact) mass is 322 g/mol. The highest BCUT2D eigenvalue weighted by Gasteiger charge is 2.16. The van der Waals surface area contributed by atoms with Gasteiger partial charge in [-0.15, -0.1) is 0 Å². The van der Waals surface area contributed by atoms with Crippen molar-refractivity contribution in [3.63, 3.8) is 0 Å². The van der Waals surface area contributed by atoms with E-state index in [1.165, 1.54) is 32.4 Å². The predicted octanol–water partition coefficient (Wildman–Crippen LogP) is 0.941. The van der Waals surface area contributed by atoms with E-state index in [-0.39, 0.29) is 22.6 Å². The van der Waals surface area contributed by atoms with E-state index in [0.717, 1.165) is 13.0 Å². The van der Waals surface area contributed by atoms with E-state index in [0.29, 0.717) is 6.54 Å². The van der Waals surface area contributed by atoms with Gasteiger partial charge in [-0.1, -0.05) is 0 Å². The van der Waals surface area contributed by atoms with Crippen LogP contribution in [-0.2, 0) is 9.47 Å². The Balaban J connectivity index is 2.93. The van der Waals surface area contributed by atoms with Gasteiger partial charge in [0.05, 0.1) is 25.3 Å². The second-order valence-electron chi connectivity index (χ2n) is 5.19. The average Bonchev–Trinajstić information content (AvgIpc) is 2.56. The molecule has 0 saturated heterocycles. The van der Waals surface area contributed by atoms with Gasteiger partial charge in [0.2, 0.25) is 0 Å². The van der Waals surface area contributed by atoms with Crippen LogP contribution in [0.5, 0.6) is 0 Å². The lowest BCUT2D eigenvalue weighted by Gasteiger charge is -2.11. The van der Waals surface area contributed by atoms with Gasteiger partial charge >= 0.3 is 11.9 Å². The molecule has 0 heterocycles.